The molecule has 1 rings (SSSR count). The Morgan fingerprint density at radius 2 is 1.88 bits per heavy atom. The van der Waals surface area contributed by atoms with E-state index in [9.17, 15) is 14.6 Å². The lowest BCUT2D eigenvalue weighted by atomic mass is 10.2. The molecule has 0 fully saturated rings. The Morgan fingerprint density at radius 3 is 2.35 bits per heavy atom. The third-order valence-electron chi connectivity index (χ3n) is 2.32. The van der Waals surface area contributed by atoms with E-state index in [1.54, 1.807) is 0 Å². The van der Waals surface area contributed by atoms with Crippen molar-refractivity contribution in [1.29, 1.82) is 0 Å². The molecule has 1 aromatic carbocycles. The summed E-state index contributed by atoms with van der Waals surface area (Å²) in [5.41, 5.74) is 7.13. The van der Waals surface area contributed by atoms with Crippen LogP contribution in [0.3, 0.4) is 0 Å². The first-order valence-corrected chi connectivity index (χ1v) is 7.20. The molecule has 4 N–H and O–H groups in total. The molecular weight excluding hydrogens is 261 g/mol. The van der Waals surface area contributed by atoms with E-state index in [0.29, 0.717) is 0 Å². The van der Waals surface area contributed by atoms with Gasteiger partial charge in [-0.3, -0.25) is 4.57 Å². The summed E-state index contributed by atoms with van der Waals surface area (Å²) in [6.45, 7) is 1.97. The number of hydrogen-bond acceptors (Lipinski definition) is 3. The topological polar surface area (TPSA) is 83.5 Å². The van der Waals surface area contributed by atoms with Crippen molar-refractivity contribution in [3.05, 3.63) is 35.4 Å². The van der Waals surface area contributed by atoms with Gasteiger partial charge in [0.1, 0.15) is 0 Å². The van der Waals surface area contributed by atoms with E-state index in [1.165, 1.54) is 0 Å². The quantitative estimate of drug-likeness (QED) is 0.714. The fourth-order valence-corrected chi connectivity index (χ4v) is 3.17. The Bertz CT molecular complexity index is 383. The molecule has 2 atom stereocenters. The highest BCUT2D eigenvalue weighted by Gasteiger charge is 2.22. The Labute approximate surface area is 108 Å². The molecular formula is C11H19ClNO3P. The van der Waals surface area contributed by atoms with Crippen molar-refractivity contribution in [1.82, 2.24) is 0 Å². The van der Waals surface area contributed by atoms with Crippen molar-refractivity contribution in [2.24, 2.45) is 5.73 Å². The highest BCUT2D eigenvalue weighted by atomic mass is 35.5. The number of rotatable bonds is 5. The molecule has 2 unspecified atom stereocenters. The molecule has 0 spiro atoms. The molecule has 0 bridgehead atoms. The second-order valence-corrected chi connectivity index (χ2v) is 6.44. The van der Waals surface area contributed by atoms with Crippen LogP contribution < -0.4 is 5.73 Å². The zero-order valence-electron chi connectivity index (χ0n) is 9.74. The van der Waals surface area contributed by atoms with Crippen LogP contribution in [-0.2, 0) is 10.7 Å². The summed E-state index contributed by atoms with van der Waals surface area (Å²) in [5.74, 6) is 0. The van der Waals surface area contributed by atoms with Gasteiger partial charge in [0.2, 0.25) is 7.37 Å². The number of aliphatic hydroxyl groups excluding tert-OH is 1. The van der Waals surface area contributed by atoms with E-state index in [4.69, 9.17) is 5.73 Å². The molecule has 0 radical (unpaired) electrons. The van der Waals surface area contributed by atoms with Crippen molar-refractivity contribution in [2.45, 2.75) is 19.2 Å². The molecule has 0 saturated heterocycles. The molecule has 98 valence electrons. The predicted molar refractivity (Wildman–Crippen MR) is 71.9 cm³/mol. The SMILES string of the molecule is Cc1ccc(CP(=O)(O)CC(O)CN)cc1.Cl. The van der Waals surface area contributed by atoms with Gasteiger partial charge in [-0.05, 0) is 12.5 Å². The monoisotopic (exact) mass is 279 g/mol. The lowest BCUT2D eigenvalue weighted by Crippen LogP contribution is -2.23. The minimum atomic E-state index is -3.33. The van der Waals surface area contributed by atoms with Crippen molar-refractivity contribution in [3.63, 3.8) is 0 Å². The van der Waals surface area contributed by atoms with Gasteiger partial charge in [0.25, 0.3) is 0 Å². The van der Waals surface area contributed by atoms with Gasteiger partial charge < -0.3 is 15.7 Å². The van der Waals surface area contributed by atoms with Gasteiger partial charge in [-0.1, -0.05) is 29.8 Å². The zero-order valence-corrected chi connectivity index (χ0v) is 11.5. The van der Waals surface area contributed by atoms with E-state index < -0.39 is 13.5 Å². The summed E-state index contributed by atoms with van der Waals surface area (Å²) in [4.78, 5) is 9.68. The van der Waals surface area contributed by atoms with E-state index in [1.807, 2.05) is 31.2 Å². The van der Waals surface area contributed by atoms with E-state index >= 15 is 0 Å². The summed E-state index contributed by atoms with van der Waals surface area (Å²) in [5, 5.41) is 9.26. The normalized spacial score (nSPS) is 15.8. The number of aryl methyl sites for hydroxylation is 1. The number of nitrogens with two attached hydrogens (primary N) is 1. The molecule has 0 amide bonds. The smallest absolute Gasteiger partial charge is 0.207 e. The molecule has 0 heterocycles. The van der Waals surface area contributed by atoms with E-state index in [-0.39, 0.29) is 31.3 Å². The van der Waals surface area contributed by atoms with Gasteiger partial charge in [0.15, 0.2) is 0 Å². The van der Waals surface area contributed by atoms with Gasteiger partial charge in [0.05, 0.1) is 12.3 Å². The van der Waals surface area contributed by atoms with Crippen LogP contribution in [0.2, 0.25) is 0 Å². The summed E-state index contributed by atoms with van der Waals surface area (Å²) in [7, 11) is -3.33. The van der Waals surface area contributed by atoms with Crippen molar-refractivity contribution in [2.75, 3.05) is 12.7 Å². The maximum Gasteiger partial charge on any atom is 0.207 e. The largest absolute Gasteiger partial charge is 0.391 e. The van der Waals surface area contributed by atoms with Crippen LogP contribution in [0.4, 0.5) is 0 Å². The van der Waals surface area contributed by atoms with Crippen LogP contribution in [0.15, 0.2) is 24.3 Å². The third-order valence-corrected chi connectivity index (χ3v) is 4.17. The van der Waals surface area contributed by atoms with Crippen LogP contribution in [0.5, 0.6) is 0 Å². The number of aliphatic hydroxyl groups is 1. The fraction of sp³-hybridized carbons (Fsp3) is 0.455. The third kappa shape index (κ3) is 6.20. The first-order valence-electron chi connectivity index (χ1n) is 5.17. The average molecular weight is 280 g/mol. The zero-order chi connectivity index (χ0) is 12.2. The summed E-state index contributed by atoms with van der Waals surface area (Å²) >= 11 is 0. The van der Waals surface area contributed by atoms with Crippen molar-refractivity contribution >= 4 is 19.8 Å². The number of benzene rings is 1. The number of hydrogen-bond donors (Lipinski definition) is 3. The maximum atomic E-state index is 11.8. The van der Waals surface area contributed by atoms with Crippen LogP contribution >= 0.6 is 19.8 Å². The van der Waals surface area contributed by atoms with E-state index in [2.05, 4.69) is 0 Å². The molecule has 0 aliphatic heterocycles. The lowest BCUT2D eigenvalue weighted by molar-refractivity contribution is 0.202. The predicted octanol–water partition coefficient (Wildman–Crippen LogP) is 1.51. The lowest BCUT2D eigenvalue weighted by Gasteiger charge is -2.14. The molecule has 6 heteroatoms. The standard InChI is InChI=1S/C11H18NO3P.ClH/c1-9-2-4-10(5-3-9)7-16(14,15)8-11(13)6-12;/h2-5,11,13H,6-8,12H2,1H3,(H,14,15);1H. The maximum absolute atomic E-state index is 11.8. The van der Waals surface area contributed by atoms with Crippen LogP contribution in [0, 0.1) is 6.92 Å². The molecule has 0 aromatic heterocycles. The molecule has 17 heavy (non-hydrogen) atoms. The summed E-state index contributed by atoms with van der Waals surface area (Å²) in [6, 6.07) is 7.45. The van der Waals surface area contributed by atoms with E-state index in [0.717, 1.165) is 11.1 Å². The van der Waals surface area contributed by atoms with Crippen LogP contribution in [0.1, 0.15) is 11.1 Å². The van der Waals surface area contributed by atoms with Gasteiger partial charge in [-0.15, -0.1) is 12.4 Å². The highest BCUT2D eigenvalue weighted by molar-refractivity contribution is 7.57. The van der Waals surface area contributed by atoms with Crippen molar-refractivity contribution < 1.29 is 14.6 Å². The molecule has 0 saturated carbocycles. The van der Waals surface area contributed by atoms with Gasteiger partial charge in [0, 0.05) is 12.7 Å². The Hall–Kier alpha value is -0.380. The first kappa shape index (κ1) is 16.6. The second kappa shape index (κ2) is 7.14. The average Bonchev–Trinajstić information content (AvgIpc) is 2.20. The molecule has 0 aliphatic carbocycles. The van der Waals surface area contributed by atoms with Crippen LogP contribution in [0.25, 0.3) is 0 Å². The highest BCUT2D eigenvalue weighted by Crippen LogP contribution is 2.44. The fourth-order valence-electron chi connectivity index (χ4n) is 1.45. The van der Waals surface area contributed by atoms with Gasteiger partial charge in [-0.25, -0.2) is 0 Å². The second-order valence-electron chi connectivity index (χ2n) is 4.06. The number of halogens is 1. The Balaban J connectivity index is 0.00000256. The summed E-state index contributed by atoms with van der Waals surface area (Å²) < 4.78 is 11.8. The Morgan fingerprint density at radius 1 is 1.35 bits per heavy atom. The Kier molecular flexibility index (Phi) is 6.98. The van der Waals surface area contributed by atoms with Gasteiger partial charge >= 0.3 is 0 Å². The minimum Gasteiger partial charge on any atom is -0.391 e. The minimum absolute atomic E-state index is 0. The first-order chi connectivity index (χ1) is 7.43. The molecule has 0 aliphatic rings. The summed E-state index contributed by atoms with van der Waals surface area (Å²) in [6.07, 6.45) is -0.955. The van der Waals surface area contributed by atoms with Gasteiger partial charge in [-0.2, -0.15) is 0 Å². The van der Waals surface area contributed by atoms with Crippen molar-refractivity contribution in [3.8, 4) is 0 Å². The molecule has 1 aromatic rings. The molecule has 4 nitrogen and oxygen atoms in total. The van der Waals surface area contributed by atoms with Crippen LogP contribution in [-0.4, -0.2) is 28.8 Å².